The molecule has 0 unspecified atom stereocenters. The van der Waals surface area contributed by atoms with Crippen molar-refractivity contribution < 1.29 is 17.7 Å². The molecule has 2 atom stereocenters. The summed E-state index contributed by atoms with van der Waals surface area (Å²) in [6, 6.07) is 3.15. The molecule has 0 aliphatic carbocycles. The van der Waals surface area contributed by atoms with Gasteiger partial charge in [0.25, 0.3) is 0 Å². The first-order chi connectivity index (χ1) is 9.91. The Morgan fingerprint density at radius 1 is 1.29 bits per heavy atom. The molecule has 2 saturated heterocycles. The number of nitrogens with zero attached hydrogens (tertiary/aromatic N) is 2. The quantitative estimate of drug-likeness (QED) is 0.650. The van der Waals surface area contributed by atoms with E-state index < -0.39 is 31.3 Å². The van der Waals surface area contributed by atoms with Crippen LogP contribution < -0.4 is 5.32 Å². The summed E-state index contributed by atoms with van der Waals surface area (Å²) in [5.74, 6) is -0.707. The van der Waals surface area contributed by atoms with E-state index in [1.807, 2.05) is 0 Å². The molecular formula is C12H14FN3O4S. The van der Waals surface area contributed by atoms with Crippen LogP contribution in [-0.2, 0) is 10.0 Å². The normalized spacial score (nSPS) is 26.0. The summed E-state index contributed by atoms with van der Waals surface area (Å²) in [6.45, 7) is 2.10. The van der Waals surface area contributed by atoms with Crippen molar-refractivity contribution in [3.05, 3.63) is 34.1 Å². The summed E-state index contributed by atoms with van der Waals surface area (Å²) < 4.78 is 40.0. The molecule has 1 N–H and O–H groups in total. The van der Waals surface area contributed by atoms with Crippen LogP contribution in [0.3, 0.4) is 0 Å². The molecule has 21 heavy (non-hydrogen) atoms. The Hall–Kier alpha value is -1.58. The van der Waals surface area contributed by atoms with Gasteiger partial charge in [-0.05, 0) is 37.1 Å². The standard InChI is InChI=1S/C12H14FN3O4S/c13-10-2-1-3-11(12(10)16(17)18)21(19,20)15-6-8-4-14-5-9(8)7-15/h1-3,8-9,14H,4-7H2/t8-,9+. The zero-order valence-corrected chi connectivity index (χ0v) is 11.8. The number of benzene rings is 1. The van der Waals surface area contributed by atoms with Crippen molar-refractivity contribution in [2.75, 3.05) is 26.2 Å². The van der Waals surface area contributed by atoms with Crippen molar-refractivity contribution in [2.24, 2.45) is 11.8 Å². The van der Waals surface area contributed by atoms with E-state index in [4.69, 9.17) is 0 Å². The highest BCUT2D eigenvalue weighted by atomic mass is 32.2. The van der Waals surface area contributed by atoms with Gasteiger partial charge in [0.15, 0.2) is 4.90 Å². The molecule has 2 fully saturated rings. The van der Waals surface area contributed by atoms with Crippen LogP contribution in [0.25, 0.3) is 0 Å². The maximum atomic E-state index is 13.6. The summed E-state index contributed by atoms with van der Waals surface area (Å²) in [5.41, 5.74) is -0.979. The maximum absolute atomic E-state index is 13.6. The highest BCUT2D eigenvalue weighted by Crippen LogP contribution is 2.34. The van der Waals surface area contributed by atoms with Crippen LogP contribution in [0.4, 0.5) is 10.1 Å². The van der Waals surface area contributed by atoms with E-state index in [0.29, 0.717) is 13.1 Å². The predicted molar refractivity (Wildman–Crippen MR) is 71.7 cm³/mol. The van der Waals surface area contributed by atoms with Gasteiger partial charge in [0.05, 0.1) is 4.92 Å². The fourth-order valence-electron chi connectivity index (χ4n) is 3.03. The van der Waals surface area contributed by atoms with Crippen LogP contribution in [0.5, 0.6) is 0 Å². The van der Waals surface area contributed by atoms with Gasteiger partial charge in [0.2, 0.25) is 15.8 Å². The van der Waals surface area contributed by atoms with Crippen molar-refractivity contribution in [1.29, 1.82) is 0 Å². The molecule has 0 spiro atoms. The molecule has 114 valence electrons. The first-order valence-electron chi connectivity index (χ1n) is 6.55. The molecule has 3 rings (SSSR count). The first kappa shape index (κ1) is 14.4. The van der Waals surface area contributed by atoms with Gasteiger partial charge in [-0.2, -0.15) is 8.70 Å². The number of fused-ring (bicyclic) bond motifs is 1. The molecule has 0 radical (unpaired) electrons. The zero-order chi connectivity index (χ0) is 15.2. The fourth-order valence-corrected chi connectivity index (χ4v) is 4.75. The number of rotatable bonds is 3. The molecule has 0 aromatic heterocycles. The topological polar surface area (TPSA) is 92.5 Å². The number of nitro groups is 1. The Morgan fingerprint density at radius 3 is 2.48 bits per heavy atom. The number of sulfonamides is 1. The Bertz CT molecular complexity index is 682. The number of nitrogens with one attached hydrogen (secondary N) is 1. The van der Waals surface area contributed by atoms with E-state index in [2.05, 4.69) is 5.32 Å². The van der Waals surface area contributed by atoms with Gasteiger partial charge in [-0.1, -0.05) is 6.07 Å². The molecule has 1 aromatic rings. The Balaban J connectivity index is 2.00. The molecule has 7 nitrogen and oxygen atoms in total. The minimum Gasteiger partial charge on any atom is -0.316 e. The van der Waals surface area contributed by atoms with Crippen LogP contribution in [0.2, 0.25) is 0 Å². The van der Waals surface area contributed by atoms with Gasteiger partial charge >= 0.3 is 5.69 Å². The Labute approximate surface area is 120 Å². The van der Waals surface area contributed by atoms with Gasteiger partial charge in [0, 0.05) is 13.1 Å². The van der Waals surface area contributed by atoms with Gasteiger partial charge in [-0.15, -0.1) is 0 Å². The van der Waals surface area contributed by atoms with Crippen molar-refractivity contribution in [1.82, 2.24) is 9.62 Å². The third-order valence-corrected chi connectivity index (χ3v) is 5.97. The van der Waals surface area contributed by atoms with E-state index >= 15 is 0 Å². The lowest BCUT2D eigenvalue weighted by molar-refractivity contribution is -0.390. The van der Waals surface area contributed by atoms with Crippen LogP contribution in [0.15, 0.2) is 23.1 Å². The lowest BCUT2D eigenvalue weighted by Crippen LogP contribution is -2.32. The van der Waals surface area contributed by atoms with Gasteiger partial charge in [-0.3, -0.25) is 10.1 Å². The fraction of sp³-hybridized carbons (Fsp3) is 0.500. The van der Waals surface area contributed by atoms with Crippen LogP contribution in [-0.4, -0.2) is 43.8 Å². The summed E-state index contributed by atoms with van der Waals surface area (Å²) >= 11 is 0. The number of halogens is 1. The summed E-state index contributed by atoms with van der Waals surface area (Å²) in [6.07, 6.45) is 0. The molecule has 2 aliphatic rings. The predicted octanol–water partition coefficient (Wildman–Crippen LogP) is 0.574. The molecule has 0 amide bonds. The second-order valence-corrected chi connectivity index (χ2v) is 7.25. The van der Waals surface area contributed by atoms with Gasteiger partial charge < -0.3 is 5.32 Å². The number of nitro benzene ring substituents is 1. The van der Waals surface area contributed by atoms with Crippen LogP contribution in [0, 0.1) is 27.8 Å². The minimum atomic E-state index is -4.06. The monoisotopic (exact) mass is 315 g/mol. The number of hydrogen-bond donors (Lipinski definition) is 1. The zero-order valence-electron chi connectivity index (χ0n) is 11.0. The maximum Gasteiger partial charge on any atom is 0.324 e. The van der Waals surface area contributed by atoms with E-state index in [1.54, 1.807) is 0 Å². The molecule has 2 aliphatic heterocycles. The average Bonchev–Trinajstić information content (AvgIpc) is 2.98. The molecule has 2 heterocycles. The Morgan fingerprint density at radius 2 is 1.90 bits per heavy atom. The molecule has 9 heteroatoms. The van der Waals surface area contributed by atoms with E-state index in [-0.39, 0.29) is 11.8 Å². The van der Waals surface area contributed by atoms with Crippen molar-refractivity contribution >= 4 is 15.7 Å². The van der Waals surface area contributed by atoms with Crippen LogP contribution in [0.1, 0.15) is 0 Å². The number of para-hydroxylation sites is 1. The molecular weight excluding hydrogens is 301 g/mol. The first-order valence-corrected chi connectivity index (χ1v) is 7.99. The Kier molecular flexibility index (Phi) is 3.42. The smallest absolute Gasteiger partial charge is 0.316 e. The van der Waals surface area contributed by atoms with Crippen molar-refractivity contribution in [3.63, 3.8) is 0 Å². The summed E-state index contributed by atoms with van der Waals surface area (Å²) in [5, 5.41) is 14.2. The van der Waals surface area contributed by atoms with Gasteiger partial charge in [-0.25, -0.2) is 8.42 Å². The van der Waals surface area contributed by atoms with E-state index in [9.17, 15) is 22.9 Å². The lowest BCUT2D eigenvalue weighted by atomic mass is 10.0. The third kappa shape index (κ3) is 2.30. The van der Waals surface area contributed by atoms with Crippen molar-refractivity contribution in [3.8, 4) is 0 Å². The van der Waals surface area contributed by atoms with Gasteiger partial charge in [0.1, 0.15) is 0 Å². The molecule has 0 bridgehead atoms. The third-order valence-electron chi connectivity index (χ3n) is 4.11. The molecule has 0 saturated carbocycles. The van der Waals surface area contributed by atoms with Crippen LogP contribution >= 0.6 is 0 Å². The second kappa shape index (κ2) is 5.00. The van der Waals surface area contributed by atoms with Crippen molar-refractivity contribution in [2.45, 2.75) is 4.90 Å². The largest absolute Gasteiger partial charge is 0.324 e. The lowest BCUT2D eigenvalue weighted by Gasteiger charge is -2.17. The minimum absolute atomic E-state index is 0.215. The summed E-state index contributed by atoms with van der Waals surface area (Å²) in [4.78, 5) is 9.42. The summed E-state index contributed by atoms with van der Waals surface area (Å²) in [7, 11) is -4.06. The van der Waals surface area contributed by atoms with E-state index in [0.717, 1.165) is 25.2 Å². The highest BCUT2D eigenvalue weighted by molar-refractivity contribution is 7.89. The average molecular weight is 315 g/mol. The highest BCUT2D eigenvalue weighted by Gasteiger charge is 2.43. The van der Waals surface area contributed by atoms with E-state index in [1.165, 1.54) is 10.4 Å². The second-order valence-electron chi connectivity index (χ2n) is 5.34. The number of hydrogen-bond acceptors (Lipinski definition) is 5. The molecule has 1 aromatic carbocycles. The SMILES string of the molecule is O=[N+]([O-])c1c(F)cccc1S(=O)(=O)N1C[C@H]2CNC[C@H]2C1.